The number of Topliss-reactive ketones (excluding diaryl/α,β-unsaturated/α-hetero) is 1. The zero-order valence-corrected chi connectivity index (χ0v) is 28.8. The van der Waals surface area contributed by atoms with Crippen molar-refractivity contribution in [2.24, 2.45) is 5.92 Å². The van der Waals surface area contributed by atoms with Gasteiger partial charge < -0.3 is 10.2 Å². The minimum Gasteiger partial charge on any atom is -0.372 e. The van der Waals surface area contributed by atoms with Gasteiger partial charge in [-0.15, -0.1) is 0 Å². The number of amides is 2. The molecule has 1 saturated heterocycles. The van der Waals surface area contributed by atoms with E-state index in [1.807, 2.05) is 61.5 Å². The smallest absolute Gasteiger partial charge is 0.324 e. The number of nitrogens with zero attached hydrogens (tertiary/aromatic N) is 4. The Labute approximate surface area is 280 Å². The number of hydrogen-bond acceptors (Lipinski definition) is 5. The van der Waals surface area contributed by atoms with Gasteiger partial charge in [0.05, 0.1) is 17.9 Å². The van der Waals surface area contributed by atoms with Crippen molar-refractivity contribution in [2.75, 3.05) is 48.3 Å². The number of ketones is 1. The van der Waals surface area contributed by atoms with Gasteiger partial charge in [-0.25, -0.2) is 9.48 Å². The van der Waals surface area contributed by atoms with E-state index in [4.69, 9.17) is 5.10 Å². The van der Waals surface area contributed by atoms with Crippen molar-refractivity contribution in [3.05, 3.63) is 101 Å². The standard InChI is InChI=1S/C39H50N6O2/c1-7-44(8-2)33-19-13-31(14-20-33)35(46)27-43-23-21-30(22-24-43)25-29-11-15-32(16-12-29)40-38(47)41-37-26-36(39(4,5)6)42-45(37)34-17-9-28(3)10-18-34/h9-20,26,30H,7-8,21-25,27H2,1-6H3,(H2,40,41,47). The molecule has 1 aliphatic rings. The van der Waals surface area contributed by atoms with Gasteiger partial charge in [-0.1, -0.05) is 50.6 Å². The van der Waals surface area contributed by atoms with E-state index in [0.29, 0.717) is 18.3 Å². The van der Waals surface area contributed by atoms with E-state index >= 15 is 0 Å². The van der Waals surface area contributed by atoms with Gasteiger partial charge in [0.2, 0.25) is 0 Å². The fraction of sp³-hybridized carbons (Fsp3) is 0.410. The second-order valence-corrected chi connectivity index (χ2v) is 13.8. The third-order valence-electron chi connectivity index (χ3n) is 9.13. The number of hydrogen-bond donors (Lipinski definition) is 2. The number of nitrogens with one attached hydrogen (secondary N) is 2. The fourth-order valence-corrected chi connectivity index (χ4v) is 6.15. The van der Waals surface area contributed by atoms with Gasteiger partial charge >= 0.3 is 6.03 Å². The maximum absolute atomic E-state index is 13.1. The molecule has 0 aliphatic carbocycles. The molecule has 47 heavy (non-hydrogen) atoms. The first kappa shape index (κ1) is 33.9. The molecule has 2 heterocycles. The summed E-state index contributed by atoms with van der Waals surface area (Å²) in [7, 11) is 0. The Kier molecular flexibility index (Phi) is 10.8. The summed E-state index contributed by atoms with van der Waals surface area (Å²) in [5.74, 6) is 1.39. The van der Waals surface area contributed by atoms with Crippen LogP contribution in [-0.2, 0) is 11.8 Å². The first-order chi connectivity index (χ1) is 22.5. The highest BCUT2D eigenvalue weighted by molar-refractivity contribution is 5.99. The largest absolute Gasteiger partial charge is 0.372 e. The van der Waals surface area contributed by atoms with E-state index in [1.165, 1.54) is 5.56 Å². The molecule has 4 aromatic rings. The van der Waals surface area contributed by atoms with E-state index in [1.54, 1.807) is 4.68 Å². The third kappa shape index (κ3) is 8.89. The number of aryl methyl sites for hydroxylation is 1. The van der Waals surface area contributed by atoms with E-state index in [0.717, 1.165) is 79.3 Å². The SMILES string of the molecule is CCN(CC)c1ccc(C(=O)CN2CCC(Cc3ccc(NC(=O)Nc4cc(C(C)(C)C)nn4-c4ccc(C)cc4)cc3)CC2)cc1. The number of benzene rings is 3. The van der Waals surface area contributed by atoms with Crippen molar-refractivity contribution in [3.63, 3.8) is 0 Å². The molecule has 3 aromatic carbocycles. The highest BCUT2D eigenvalue weighted by Gasteiger charge is 2.23. The van der Waals surface area contributed by atoms with Gasteiger partial charge in [-0.2, -0.15) is 5.10 Å². The average molecular weight is 635 g/mol. The quantitative estimate of drug-likeness (QED) is 0.163. The maximum atomic E-state index is 13.1. The number of aromatic nitrogens is 2. The minimum atomic E-state index is -0.312. The molecule has 0 atom stereocenters. The predicted octanol–water partition coefficient (Wildman–Crippen LogP) is 8.11. The Bertz CT molecular complexity index is 1620. The Morgan fingerprint density at radius 3 is 2.11 bits per heavy atom. The highest BCUT2D eigenvalue weighted by atomic mass is 16.2. The van der Waals surface area contributed by atoms with Crippen LogP contribution in [0.4, 0.5) is 22.0 Å². The van der Waals surface area contributed by atoms with Gasteiger partial charge in [-0.05, 0) is 113 Å². The number of rotatable bonds is 11. The van der Waals surface area contributed by atoms with Gasteiger partial charge in [0.25, 0.3) is 0 Å². The van der Waals surface area contributed by atoms with Crippen molar-refractivity contribution in [2.45, 2.75) is 66.2 Å². The van der Waals surface area contributed by atoms with E-state index in [-0.39, 0.29) is 17.2 Å². The van der Waals surface area contributed by atoms with Gasteiger partial charge in [-0.3, -0.25) is 15.0 Å². The molecule has 8 nitrogen and oxygen atoms in total. The number of carbonyl (C=O) groups excluding carboxylic acids is 2. The topological polar surface area (TPSA) is 82.5 Å². The fourth-order valence-electron chi connectivity index (χ4n) is 6.15. The van der Waals surface area contributed by atoms with Crippen LogP contribution in [-0.4, -0.2) is 59.2 Å². The molecule has 0 saturated carbocycles. The summed E-state index contributed by atoms with van der Waals surface area (Å²) in [5, 5.41) is 10.8. The van der Waals surface area contributed by atoms with Crippen molar-refractivity contribution in [1.82, 2.24) is 14.7 Å². The van der Waals surface area contributed by atoms with Crippen molar-refractivity contribution in [3.8, 4) is 5.69 Å². The van der Waals surface area contributed by atoms with Gasteiger partial charge in [0, 0.05) is 41.5 Å². The van der Waals surface area contributed by atoms with Crippen LogP contribution >= 0.6 is 0 Å². The number of piperidine rings is 1. The lowest BCUT2D eigenvalue weighted by atomic mass is 9.90. The van der Waals surface area contributed by atoms with Crippen LogP contribution in [0.2, 0.25) is 0 Å². The number of urea groups is 1. The average Bonchev–Trinajstić information content (AvgIpc) is 3.48. The van der Waals surface area contributed by atoms with Crippen molar-refractivity contribution >= 4 is 29.0 Å². The van der Waals surface area contributed by atoms with Crippen LogP contribution in [0, 0.1) is 12.8 Å². The Hall–Kier alpha value is -4.43. The number of anilines is 3. The summed E-state index contributed by atoms with van der Waals surface area (Å²) in [6.45, 7) is 16.9. The monoisotopic (exact) mass is 634 g/mol. The van der Waals surface area contributed by atoms with Crippen LogP contribution in [0.25, 0.3) is 5.69 Å². The molecule has 5 rings (SSSR count). The number of likely N-dealkylation sites (tertiary alicyclic amines) is 1. The van der Waals surface area contributed by atoms with Crippen LogP contribution in [0.5, 0.6) is 0 Å². The molecule has 0 radical (unpaired) electrons. The Balaban J connectivity index is 1.10. The zero-order chi connectivity index (χ0) is 33.6. The van der Waals surface area contributed by atoms with Crippen molar-refractivity contribution in [1.29, 1.82) is 0 Å². The van der Waals surface area contributed by atoms with E-state index in [9.17, 15) is 9.59 Å². The molecular weight excluding hydrogens is 584 g/mol. The first-order valence-electron chi connectivity index (χ1n) is 17.0. The van der Waals surface area contributed by atoms with Crippen LogP contribution in [0.3, 0.4) is 0 Å². The van der Waals surface area contributed by atoms with E-state index in [2.05, 4.69) is 79.3 Å². The second-order valence-electron chi connectivity index (χ2n) is 13.8. The lowest BCUT2D eigenvalue weighted by molar-refractivity contribution is 0.0895. The summed E-state index contributed by atoms with van der Waals surface area (Å²) in [5.41, 5.74) is 6.74. The third-order valence-corrected chi connectivity index (χ3v) is 9.13. The van der Waals surface area contributed by atoms with Crippen LogP contribution in [0.15, 0.2) is 78.9 Å². The minimum absolute atomic E-state index is 0.162. The Morgan fingerprint density at radius 1 is 0.872 bits per heavy atom. The molecule has 1 aliphatic heterocycles. The zero-order valence-electron chi connectivity index (χ0n) is 28.8. The molecule has 2 N–H and O–H groups in total. The molecule has 0 unspecified atom stereocenters. The van der Waals surface area contributed by atoms with Crippen LogP contribution in [0.1, 0.15) is 74.6 Å². The summed E-state index contributed by atoms with van der Waals surface area (Å²) < 4.78 is 1.79. The summed E-state index contributed by atoms with van der Waals surface area (Å²) in [6, 6.07) is 25.9. The number of carbonyl (C=O) groups is 2. The summed E-state index contributed by atoms with van der Waals surface area (Å²) in [4.78, 5) is 30.6. The second kappa shape index (κ2) is 15.0. The van der Waals surface area contributed by atoms with Crippen molar-refractivity contribution < 1.29 is 9.59 Å². The Morgan fingerprint density at radius 2 is 1.51 bits per heavy atom. The van der Waals surface area contributed by atoms with Crippen LogP contribution < -0.4 is 15.5 Å². The highest BCUT2D eigenvalue weighted by Crippen LogP contribution is 2.27. The normalized spacial score (nSPS) is 14.2. The predicted molar refractivity (Wildman–Crippen MR) is 193 cm³/mol. The molecule has 1 aromatic heterocycles. The molecule has 1 fully saturated rings. The summed E-state index contributed by atoms with van der Waals surface area (Å²) in [6.07, 6.45) is 3.13. The maximum Gasteiger partial charge on any atom is 0.324 e. The molecular formula is C39H50N6O2. The molecule has 2 amide bonds. The van der Waals surface area contributed by atoms with Gasteiger partial charge in [0.1, 0.15) is 5.82 Å². The summed E-state index contributed by atoms with van der Waals surface area (Å²) >= 11 is 0. The molecule has 8 heteroatoms. The molecule has 0 spiro atoms. The lowest BCUT2D eigenvalue weighted by Crippen LogP contribution is -2.37. The molecule has 0 bridgehead atoms. The lowest BCUT2D eigenvalue weighted by Gasteiger charge is -2.31. The first-order valence-corrected chi connectivity index (χ1v) is 17.0. The van der Waals surface area contributed by atoms with Gasteiger partial charge in [0.15, 0.2) is 5.78 Å². The van der Waals surface area contributed by atoms with E-state index < -0.39 is 0 Å². The molecule has 248 valence electrons.